The van der Waals surface area contributed by atoms with E-state index in [1.54, 1.807) is 11.1 Å². The summed E-state index contributed by atoms with van der Waals surface area (Å²) in [7, 11) is 0. The molecule has 1 saturated heterocycles. The Labute approximate surface area is 172 Å². The van der Waals surface area contributed by atoms with E-state index in [2.05, 4.69) is 23.0 Å². The third-order valence-corrected chi connectivity index (χ3v) is 5.03. The predicted octanol–water partition coefficient (Wildman–Crippen LogP) is 3.76. The van der Waals surface area contributed by atoms with Crippen molar-refractivity contribution >= 4 is 12.0 Å². The van der Waals surface area contributed by atoms with E-state index in [0.29, 0.717) is 19.0 Å². The molecule has 2 aromatic rings. The van der Waals surface area contributed by atoms with Gasteiger partial charge in [0.25, 0.3) is 0 Å². The van der Waals surface area contributed by atoms with E-state index in [1.165, 1.54) is 0 Å². The Morgan fingerprint density at radius 2 is 2.00 bits per heavy atom. The van der Waals surface area contributed by atoms with Crippen LogP contribution in [0.4, 0.5) is 10.7 Å². The number of anilines is 1. The van der Waals surface area contributed by atoms with Gasteiger partial charge in [-0.1, -0.05) is 6.92 Å². The zero-order chi connectivity index (χ0) is 21.2. The molecule has 0 atom stereocenters. The van der Waals surface area contributed by atoms with Crippen LogP contribution < -0.4 is 5.73 Å². The van der Waals surface area contributed by atoms with E-state index in [0.717, 1.165) is 48.5 Å². The first kappa shape index (κ1) is 21.1. The van der Waals surface area contributed by atoms with Crippen molar-refractivity contribution < 1.29 is 9.53 Å². The number of rotatable bonds is 4. The number of hydrogen-bond donors (Lipinski definition) is 1. The molecule has 0 bridgehead atoms. The molecule has 0 spiro atoms. The number of ether oxygens (including phenoxy) is 1. The second-order valence-electron chi connectivity index (χ2n) is 8.68. The Morgan fingerprint density at radius 3 is 2.62 bits per heavy atom. The molecule has 1 fully saturated rings. The molecule has 0 saturated carbocycles. The summed E-state index contributed by atoms with van der Waals surface area (Å²) >= 11 is 0. The molecule has 3 rings (SSSR count). The fraction of sp³-hybridized carbons (Fsp3) is 0.619. The second kappa shape index (κ2) is 8.39. The Bertz CT molecular complexity index is 863. The minimum atomic E-state index is -0.473. The zero-order valence-corrected chi connectivity index (χ0v) is 18.1. The standard InChI is InChI=1S/C21H32N6O2/c1-6-9-27-17(18-14(2)13-23-19(22)24-18)12-16(25-27)15-7-10-26(11-8-15)20(28)29-21(3,4)5/h12-13,15H,6-11H2,1-5H3,(H2,22,23,24). The largest absolute Gasteiger partial charge is 0.444 e. The summed E-state index contributed by atoms with van der Waals surface area (Å²) in [4.78, 5) is 22.6. The number of carbonyl (C=O) groups is 1. The molecule has 0 radical (unpaired) electrons. The van der Waals surface area contributed by atoms with Crippen molar-refractivity contribution in [3.63, 3.8) is 0 Å². The van der Waals surface area contributed by atoms with Crippen molar-refractivity contribution in [1.29, 1.82) is 0 Å². The van der Waals surface area contributed by atoms with Crippen LogP contribution in [0.25, 0.3) is 11.4 Å². The lowest BCUT2D eigenvalue weighted by Gasteiger charge is -2.32. The maximum Gasteiger partial charge on any atom is 0.410 e. The van der Waals surface area contributed by atoms with E-state index in [1.807, 2.05) is 32.4 Å². The van der Waals surface area contributed by atoms with Gasteiger partial charge in [0.05, 0.1) is 17.1 Å². The van der Waals surface area contributed by atoms with Gasteiger partial charge in [0.2, 0.25) is 5.95 Å². The van der Waals surface area contributed by atoms with E-state index < -0.39 is 5.60 Å². The van der Waals surface area contributed by atoms with Crippen molar-refractivity contribution in [2.24, 2.45) is 0 Å². The van der Waals surface area contributed by atoms with Crippen molar-refractivity contribution in [2.45, 2.75) is 71.9 Å². The average molecular weight is 401 g/mol. The molecule has 0 aliphatic carbocycles. The Morgan fingerprint density at radius 1 is 1.31 bits per heavy atom. The fourth-order valence-corrected chi connectivity index (χ4v) is 3.61. The fourth-order valence-electron chi connectivity index (χ4n) is 3.61. The van der Waals surface area contributed by atoms with Crippen molar-refractivity contribution in [3.8, 4) is 11.4 Å². The summed E-state index contributed by atoms with van der Waals surface area (Å²) < 4.78 is 7.51. The minimum absolute atomic E-state index is 0.236. The van der Waals surface area contributed by atoms with E-state index in [9.17, 15) is 4.79 Å². The van der Waals surface area contributed by atoms with Gasteiger partial charge in [0.1, 0.15) is 5.60 Å². The molecule has 29 heavy (non-hydrogen) atoms. The van der Waals surface area contributed by atoms with Crippen LogP contribution in [0.5, 0.6) is 0 Å². The van der Waals surface area contributed by atoms with E-state index in [4.69, 9.17) is 15.6 Å². The second-order valence-corrected chi connectivity index (χ2v) is 8.68. The zero-order valence-electron chi connectivity index (χ0n) is 18.1. The maximum atomic E-state index is 12.3. The molecule has 1 aliphatic heterocycles. The van der Waals surface area contributed by atoms with Crippen LogP contribution in [0.3, 0.4) is 0 Å². The lowest BCUT2D eigenvalue weighted by Crippen LogP contribution is -2.41. The SMILES string of the molecule is CCCn1nc(C2CCN(C(=O)OC(C)(C)C)CC2)cc1-c1nc(N)ncc1C. The van der Waals surface area contributed by atoms with Gasteiger partial charge in [-0.2, -0.15) is 5.10 Å². The molecule has 0 aromatic carbocycles. The van der Waals surface area contributed by atoms with E-state index >= 15 is 0 Å². The molecule has 1 amide bonds. The first-order valence-electron chi connectivity index (χ1n) is 10.3. The predicted molar refractivity (Wildman–Crippen MR) is 112 cm³/mol. The van der Waals surface area contributed by atoms with Crippen LogP contribution in [-0.4, -0.2) is 49.4 Å². The quantitative estimate of drug-likeness (QED) is 0.839. The van der Waals surface area contributed by atoms with Gasteiger partial charge in [-0.15, -0.1) is 0 Å². The van der Waals surface area contributed by atoms with Crippen LogP contribution in [0, 0.1) is 6.92 Å². The van der Waals surface area contributed by atoms with Gasteiger partial charge in [-0.25, -0.2) is 14.8 Å². The molecule has 2 N–H and O–H groups in total. The number of aryl methyl sites for hydroxylation is 2. The van der Waals surface area contributed by atoms with Gasteiger partial charge in [-0.05, 0) is 58.6 Å². The number of nitrogen functional groups attached to an aromatic ring is 1. The van der Waals surface area contributed by atoms with Crippen LogP contribution in [0.15, 0.2) is 12.3 Å². The summed E-state index contributed by atoms with van der Waals surface area (Å²) in [5.74, 6) is 0.576. The molecule has 1 aliphatic rings. The highest BCUT2D eigenvalue weighted by Crippen LogP contribution is 2.31. The van der Waals surface area contributed by atoms with Crippen LogP contribution >= 0.6 is 0 Å². The van der Waals surface area contributed by atoms with Crippen molar-refractivity contribution in [1.82, 2.24) is 24.6 Å². The molecule has 2 aromatic heterocycles. The van der Waals surface area contributed by atoms with Gasteiger partial charge in [0.15, 0.2) is 0 Å². The Kier molecular flexibility index (Phi) is 6.10. The molecule has 3 heterocycles. The normalized spacial score (nSPS) is 15.6. The Balaban J connectivity index is 1.77. The topological polar surface area (TPSA) is 99.2 Å². The highest BCUT2D eigenvalue weighted by molar-refractivity contribution is 5.68. The summed E-state index contributed by atoms with van der Waals surface area (Å²) in [6, 6.07) is 2.12. The molecule has 0 unspecified atom stereocenters. The summed E-state index contributed by atoms with van der Waals surface area (Å²) in [5, 5.41) is 4.88. The average Bonchev–Trinajstić information content (AvgIpc) is 3.06. The number of nitrogens with two attached hydrogens (primary N) is 1. The monoisotopic (exact) mass is 400 g/mol. The number of amides is 1. The highest BCUT2D eigenvalue weighted by atomic mass is 16.6. The number of aromatic nitrogens is 4. The van der Waals surface area contributed by atoms with Crippen LogP contribution in [0.1, 0.15) is 64.1 Å². The number of hydrogen-bond acceptors (Lipinski definition) is 6. The number of piperidine rings is 1. The minimum Gasteiger partial charge on any atom is -0.444 e. The molecular formula is C21H32N6O2. The summed E-state index contributed by atoms with van der Waals surface area (Å²) in [6.07, 6.45) is 4.23. The van der Waals surface area contributed by atoms with Gasteiger partial charge < -0.3 is 15.4 Å². The summed E-state index contributed by atoms with van der Waals surface area (Å²) in [5.41, 5.74) is 9.18. The van der Waals surface area contributed by atoms with Crippen molar-refractivity contribution in [2.75, 3.05) is 18.8 Å². The molecule has 158 valence electrons. The molecular weight excluding hydrogens is 368 g/mol. The lowest BCUT2D eigenvalue weighted by atomic mass is 9.93. The number of carbonyl (C=O) groups excluding carboxylic acids is 1. The van der Waals surface area contributed by atoms with Gasteiger partial charge in [-0.3, -0.25) is 4.68 Å². The van der Waals surface area contributed by atoms with Gasteiger partial charge in [0, 0.05) is 31.7 Å². The van der Waals surface area contributed by atoms with E-state index in [-0.39, 0.29) is 12.0 Å². The summed E-state index contributed by atoms with van der Waals surface area (Å²) in [6.45, 7) is 12.0. The Hall–Kier alpha value is -2.64. The smallest absolute Gasteiger partial charge is 0.410 e. The highest BCUT2D eigenvalue weighted by Gasteiger charge is 2.29. The lowest BCUT2D eigenvalue weighted by molar-refractivity contribution is 0.0204. The molecule has 8 heteroatoms. The third kappa shape index (κ3) is 5.05. The van der Waals surface area contributed by atoms with Crippen LogP contribution in [0.2, 0.25) is 0 Å². The number of likely N-dealkylation sites (tertiary alicyclic amines) is 1. The van der Waals surface area contributed by atoms with Gasteiger partial charge >= 0.3 is 6.09 Å². The first-order chi connectivity index (χ1) is 13.7. The number of nitrogens with zero attached hydrogens (tertiary/aromatic N) is 5. The van der Waals surface area contributed by atoms with Crippen LogP contribution in [-0.2, 0) is 11.3 Å². The third-order valence-electron chi connectivity index (χ3n) is 5.03. The maximum absolute atomic E-state index is 12.3. The first-order valence-corrected chi connectivity index (χ1v) is 10.3. The molecule has 8 nitrogen and oxygen atoms in total. The van der Waals surface area contributed by atoms with Crippen molar-refractivity contribution in [3.05, 3.63) is 23.5 Å².